The summed E-state index contributed by atoms with van der Waals surface area (Å²) in [6.07, 6.45) is 1.52. The maximum atomic E-state index is 12.5. The molecule has 0 bridgehead atoms. The molecule has 0 radical (unpaired) electrons. The standard InChI is InChI=1S/C20H31N3O2S.2ClH/c1-2-18(22-20(24)12-17-15-26-11-8-21-17)19-14-23(9-10-25-19)13-16-6-4-3-5-7-16;;/h3-7,17-19,21H,2,8-15H2,1H3,(H,22,24);2*1H. The van der Waals surface area contributed by atoms with Crippen molar-refractivity contribution in [2.24, 2.45) is 0 Å². The first-order valence-electron chi connectivity index (χ1n) is 9.73. The van der Waals surface area contributed by atoms with Gasteiger partial charge in [-0.2, -0.15) is 11.8 Å². The zero-order valence-corrected chi connectivity index (χ0v) is 18.9. The van der Waals surface area contributed by atoms with Crippen LogP contribution in [0.2, 0.25) is 0 Å². The number of nitrogens with zero attached hydrogens (tertiary/aromatic N) is 1. The topological polar surface area (TPSA) is 53.6 Å². The van der Waals surface area contributed by atoms with Crippen LogP contribution in [0.15, 0.2) is 30.3 Å². The SMILES string of the molecule is CCC(NC(=O)CC1CSCCN1)C1CN(Cc2ccccc2)CCO1.Cl.Cl. The van der Waals surface area contributed by atoms with E-state index in [1.54, 1.807) is 0 Å². The Balaban J connectivity index is 0.00000196. The van der Waals surface area contributed by atoms with Crippen molar-refractivity contribution in [2.45, 2.75) is 44.5 Å². The Labute approximate surface area is 185 Å². The van der Waals surface area contributed by atoms with Crippen molar-refractivity contribution in [1.82, 2.24) is 15.5 Å². The fourth-order valence-electron chi connectivity index (χ4n) is 3.66. The van der Waals surface area contributed by atoms with Crippen LogP contribution in [0.3, 0.4) is 0 Å². The Hall–Kier alpha value is -0.500. The highest BCUT2D eigenvalue weighted by atomic mass is 35.5. The van der Waals surface area contributed by atoms with Gasteiger partial charge in [0, 0.05) is 50.1 Å². The van der Waals surface area contributed by atoms with Crippen molar-refractivity contribution >= 4 is 42.5 Å². The molecule has 160 valence electrons. The fraction of sp³-hybridized carbons (Fsp3) is 0.650. The van der Waals surface area contributed by atoms with Gasteiger partial charge in [-0.05, 0) is 12.0 Å². The van der Waals surface area contributed by atoms with Gasteiger partial charge in [-0.3, -0.25) is 9.69 Å². The van der Waals surface area contributed by atoms with Gasteiger partial charge in [0.25, 0.3) is 0 Å². The molecule has 0 aliphatic carbocycles. The number of carbonyl (C=O) groups is 1. The first kappa shape index (κ1) is 25.5. The Kier molecular flexibility index (Phi) is 12.5. The molecule has 3 atom stereocenters. The van der Waals surface area contributed by atoms with Gasteiger partial charge >= 0.3 is 0 Å². The molecule has 2 heterocycles. The number of ether oxygens (including phenoxy) is 1. The highest BCUT2D eigenvalue weighted by Gasteiger charge is 2.29. The van der Waals surface area contributed by atoms with Crippen LogP contribution in [0, 0.1) is 0 Å². The van der Waals surface area contributed by atoms with Crippen molar-refractivity contribution in [3.05, 3.63) is 35.9 Å². The minimum Gasteiger partial charge on any atom is -0.373 e. The lowest BCUT2D eigenvalue weighted by Gasteiger charge is -2.37. The number of halogens is 2. The highest BCUT2D eigenvalue weighted by molar-refractivity contribution is 7.99. The number of morpholine rings is 1. The number of carbonyl (C=O) groups excluding carboxylic acids is 1. The normalized spacial score (nSPS) is 23.8. The van der Waals surface area contributed by atoms with Gasteiger partial charge in [-0.25, -0.2) is 0 Å². The summed E-state index contributed by atoms with van der Waals surface area (Å²) >= 11 is 1.93. The molecule has 0 spiro atoms. The van der Waals surface area contributed by atoms with Gasteiger partial charge in [0.05, 0.1) is 18.8 Å². The zero-order chi connectivity index (χ0) is 18.2. The molecule has 5 nitrogen and oxygen atoms in total. The summed E-state index contributed by atoms with van der Waals surface area (Å²) in [5, 5.41) is 6.66. The number of hydrogen-bond donors (Lipinski definition) is 2. The zero-order valence-electron chi connectivity index (χ0n) is 16.5. The molecule has 2 aliphatic rings. The number of hydrogen-bond acceptors (Lipinski definition) is 5. The third-order valence-corrected chi connectivity index (χ3v) is 6.22. The second kappa shape index (κ2) is 13.7. The molecule has 1 amide bonds. The minimum absolute atomic E-state index is 0. The highest BCUT2D eigenvalue weighted by Crippen LogP contribution is 2.15. The van der Waals surface area contributed by atoms with Gasteiger partial charge in [0.1, 0.15) is 0 Å². The molecule has 8 heteroatoms. The molecule has 1 aromatic rings. The van der Waals surface area contributed by atoms with E-state index in [9.17, 15) is 4.79 Å². The Morgan fingerprint density at radius 3 is 2.82 bits per heavy atom. The lowest BCUT2D eigenvalue weighted by atomic mass is 10.0. The van der Waals surface area contributed by atoms with Crippen molar-refractivity contribution in [3.63, 3.8) is 0 Å². The molecule has 2 aliphatic heterocycles. The first-order chi connectivity index (χ1) is 12.7. The molecular weight excluding hydrogens is 417 g/mol. The van der Waals surface area contributed by atoms with Crippen molar-refractivity contribution in [3.8, 4) is 0 Å². The van der Waals surface area contributed by atoms with E-state index in [-0.39, 0.29) is 42.9 Å². The largest absolute Gasteiger partial charge is 0.373 e. The van der Waals surface area contributed by atoms with E-state index in [1.165, 1.54) is 5.56 Å². The molecular formula is C20H33Cl2N3O2S. The number of benzene rings is 1. The maximum absolute atomic E-state index is 12.5. The van der Waals surface area contributed by atoms with Gasteiger partial charge in [0.15, 0.2) is 0 Å². The fourth-order valence-corrected chi connectivity index (χ4v) is 4.61. The van der Waals surface area contributed by atoms with Gasteiger partial charge in [0.2, 0.25) is 5.91 Å². The number of rotatable bonds is 7. The summed E-state index contributed by atoms with van der Waals surface area (Å²) in [6, 6.07) is 10.9. The summed E-state index contributed by atoms with van der Waals surface area (Å²) in [5.41, 5.74) is 1.33. The van der Waals surface area contributed by atoms with E-state index in [0.717, 1.165) is 50.7 Å². The Morgan fingerprint density at radius 1 is 1.36 bits per heavy atom. The first-order valence-corrected chi connectivity index (χ1v) is 10.9. The molecule has 2 saturated heterocycles. The van der Waals surface area contributed by atoms with Gasteiger partial charge in [-0.1, -0.05) is 37.3 Å². The number of thioether (sulfide) groups is 1. The monoisotopic (exact) mass is 449 g/mol. The van der Waals surface area contributed by atoms with Crippen LogP contribution in [0.25, 0.3) is 0 Å². The van der Waals surface area contributed by atoms with E-state index in [1.807, 2.05) is 17.8 Å². The second-order valence-electron chi connectivity index (χ2n) is 7.14. The third-order valence-electron chi connectivity index (χ3n) is 5.09. The van der Waals surface area contributed by atoms with Crippen molar-refractivity contribution in [1.29, 1.82) is 0 Å². The molecule has 3 unspecified atom stereocenters. The van der Waals surface area contributed by atoms with Crippen molar-refractivity contribution < 1.29 is 9.53 Å². The maximum Gasteiger partial charge on any atom is 0.221 e. The lowest BCUT2D eigenvalue weighted by molar-refractivity contribution is -0.124. The summed E-state index contributed by atoms with van der Waals surface area (Å²) in [6.45, 7) is 6.60. The van der Waals surface area contributed by atoms with Crippen LogP contribution in [-0.4, -0.2) is 66.7 Å². The Bertz CT molecular complexity index is 562. The van der Waals surface area contributed by atoms with Gasteiger partial charge in [-0.15, -0.1) is 24.8 Å². The summed E-state index contributed by atoms with van der Waals surface area (Å²) < 4.78 is 6.01. The van der Waals surface area contributed by atoms with Crippen LogP contribution >= 0.6 is 36.6 Å². The molecule has 1 aromatic carbocycles. The van der Waals surface area contributed by atoms with Crippen LogP contribution in [0.1, 0.15) is 25.3 Å². The smallest absolute Gasteiger partial charge is 0.221 e. The molecule has 28 heavy (non-hydrogen) atoms. The van der Waals surface area contributed by atoms with Crippen molar-refractivity contribution in [2.75, 3.05) is 37.7 Å². The molecule has 2 fully saturated rings. The minimum atomic E-state index is 0. The quantitative estimate of drug-likeness (QED) is 0.669. The summed E-state index contributed by atoms with van der Waals surface area (Å²) in [4.78, 5) is 14.9. The van der Waals surface area contributed by atoms with Gasteiger partial charge < -0.3 is 15.4 Å². The van der Waals surface area contributed by atoms with Crippen LogP contribution in [-0.2, 0) is 16.1 Å². The van der Waals surface area contributed by atoms with E-state index in [0.29, 0.717) is 12.5 Å². The number of amides is 1. The molecule has 0 aromatic heterocycles. The predicted octanol–water partition coefficient (Wildman–Crippen LogP) is 2.72. The van der Waals surface area contributed by atoms with Crippen LogP contribution in [0.4, 0.5) is 0 Å². The van der Waals surface area contributed by atoms with E-state index in [4.69, 9.17) is 4.74 Å². The lowest BCUT2D eigenvalue weighted by Crippen LogP contribution is -2.53. The predicted molar refractivity (Wildman–Crippen MR) is 122 cm³/mol. The molecule has 0 saturated carbocycles. The molecule has 3 rings (SSSR count). The Morgan fingerprint density at radius 2 is 2.14 bits per heavy atom. The summed E-state index contributed by atoms with van der Waals surface area (Å²) in [5.74, 6) is 2.30. The van der Waals surface area contributed by atoms with E-state index in [2.05, 4.69) is 46.7 Å². The van der Waals surface area contributed by atoms with Crippen LogP contribution in [0.5, 0.6) is 0 Å². The average Bonchev–Trinajstić information content (AvgIpc) is 2.68. The second-order valence-corrected chi connectivity index (χ2v) is 8.29. The van der Waals surface area contributed by atoms with E-state index >= 15 is 0 Å². The summed E-state index contributed by atoms with van der Waals surface area (Å²) in [7, 11) is 0. The average molecular weight is 450 g/mol. The van der Waals surface area contributed by atoms with E-state index < -0.39 is 0 Å². The van der Waals surface area contributed by atoms with Crippen LogP contribution < -0.4 is 10.6 Å². The third kappa shape index (κ3) is 8.09. The number of nitrogens with one attached hydrogen (secondary N) is 2. The molecule has 2 N–H and O–H groups in total.